The summed E-state index contributed by atoms with van der Waals surface area (Å²) >= 11 is 0. The van der Waals surface area contributed by atoms with E-state index in [1.165, 1.54) is 19.5 Å². The zero-order valence-corrected chi connectivity index (χ0v) is 10.7. The van der Waals surface area contributed by atoms with Crippen molar-refractivity contribution in [3.63, 3.8) is 0 Å². The van der Waals surface area contributed by atoms with E-state index in [0.29, 0.717) is 0 Å². The van der Waals surface area contributed by atoms with Gasteiger partial charge < -0.3 is 9.30 Å². The van der Waals surface area contributed by atoms with Crippen LogP contribution in [0.2, 0.25) is 0 Å². The Bertz CT molecular complexity index is 616. The quantitative estimate of drug-likeness (QED) is 0.637. The number of esters is 1. The molecule has 0 saturated heterocycles. The van der Waals surface area contributed by atoms with Crippen LogP contribution in [-0.2, 0) is 16.1 Å². The topological polar surface area (TPSA) is 44.1 Å². The lowest BCUT2D eigenvalue weighted by Gasteiger charge is -2.07. The zero-order valence-electron chi connectivity index (χ0n) is 10.7. The summed E-state index contributed by atoms with van der Waals surface area (Å²) in [5.41, 5.74) is 0.513. The lowest BCUT2D eigenvalue weighted by Crippen LogP contribution is -2.10. The lowest BCUT2D eigenvalue weighted by atomic mass is 10.1. The van der Waals surface area contributed by atoms with Gasteiger partial charge in [0.25, 0.3) is 0 Å². The second-order valence-electron chi connectivity index (χ2n) is 4.10. The molecule has 2 aromatic rings. The lowest BCUT2D eigenvalue weighted by molar-refractivity contribution is -0.136. The first-order chi connectivity index (χ1) is 9.58. The van der Waals surface area contributed by atoms with Crippen molar-refractivity contribution in [1.29, 1.82) is 0 Å². The van der Waals surface area contributed by atoms with Crippen molar-refractivity contribution >= 4 is 12.0 Å². The van der Waals surface area contributed by atoms with Gasteiger partial charge in [0.1, 0.15) is 11.6 Å². The molecular formula is C14H12F2N2O2. The Balaban J connectivity index is 2.34. The van der Waals surface area contributed by atoms with E-state index < -0.39 is 17.6 Å². The second kappa shape index (κ2) is 6.10. The van der Waals surface area contributed by atoms with Crippen LogP contribution < -0.4 is 0 Å². The summed E-state index contributed by atoms with van der Waals surface area (Å²) in [6, 6.07) is 3.05. The minimum atomic E-state index is -0.705. The van der Waals surface area contributed by atoms with Crippen LogP contribution in [0.25, 0.3) is 6.08 Å². The number of aromatic nitrogens is 2. The standard InChI is InChI=1S/C14H12F2N2O2/c1-20-14(19)11(8-18-3-2-17-9-18)4-10-5-12(15)7-13(16)6-10/h2-7,9H,8H2,1H3/b11-4+. The van der Waals surface area contributed by atoms with E-state index in [9.17, 15) is 13.6 Å². The Labute approximate surface area is 114 Å². The number of hydrogen-bond acceptors (Lipinski definition) is 3. The molecule has 20 heavy (non-hydrogen) atoms. The molecule has 1 heterocycles. The third kappa shape index (κ3) is 3.50. The Morgan fingerprint density at radius 1 is 1.35 bits per heavy atom. The van der Waals surface area contributed by atoms with Crippen LogP contribution in [0.3, 0.4) is 0 Å². The number of ether oxygens (including phenoxy) is 1. The van der Waals surface area contributed by atoms with Crippen molar-refractivity contribution in [2.75, 3.05) is 7.11 Å². The van der Waals surface area contributed by atoms with Gasteiger partial charge in [0.15, 0.2) is 0 Å². The molecule has 0 spiro atoms. The highest BCUT2D eigenvalue weighted by molar-refractivity contribution is 5.93. The predicted octanol–water partition coefficient (Wildman–Crippen LogP) is 2.42. The number of nitrogens with zero attached hydrogens (tertiary/aromatic N) is 2. The van der Waals surface area contributed by atoms with Gasteiger partial charge in [-0.1, -0.05) is 0 Å². The molecule has 0 N–H and O–H groups in total. The molecule has 2 rings (SSSR count). The van der Waals surface area contributed by atoms with Gasteiger partial charge >= 0.3 is 5.97 Å². The maximum atomic E-state index is 13.1. The molecule has 0 aliphatic rings. The SMILES string of the molecule is COC(=O)/C(=C/c1cc(F)cc(F)c1)Cn1ccnc1. The van der Waals surface area contributed by atoms with Gasteiger partial charge in [0, 0.05) is 18.5 Å². The zero-order chi connectivity index (χ0) is 14.5. The van der Waals surface area contributed by atoms with Crippen molar-refractivity contribution in [1.82, 2.24) is 9.55 Å². The van der Waals surface area contributed by atoms with Crippen LogP contribution in [0, 0.1) is 11.6 Å². The van der Waals surface area contributed by atoms with Crippen LogP contribution >= 0.6 is 0 Å². The normalized spacial score (nSPS) is 11.4. The summed E-state index contributed by atoms with van der Waals surface area (Å²) in [4.78, 5) is 15.6. The molecular weight excluding hydrogens is 266 g/mol. The van der Waals surface area contributed by atoms with Gasteiger partial charge in [-0.25, -0.2) is 18.6 Å². The van der Waals surface area contributed by atoms with Gasteiger partial charge in [-0.2, -0.15) is 0 Å². The maximum Gasteiger partial charge on any atom is 0.335 e. The minimum Gasteiger partial charge on any atom is -0.466 e. The van der Waals surface area contributed by atoms with Gasteiger partial charge in [-0.05, 0) is 23.8 Å². The molecule has 0 unspecified atom stereocenters. The first kappa shape index (κ1) is 13.9. The molecule has 1 aromatic heterocycles. The van der Waals surface area contributed by atoms with Gasteiger partial charge in [-0.3, -0.25) is 0 Å². The summed E-state index contributed by atoms with van der Waals surface area (Å²) in [7, 11) is 1.25. The number of rotatable bonds is 4. The second-order valence-corrected chi connectivity index (χ2v) is 4.10. The molecule has 0 fully saturated rings. The Hall–Kier alpha value is -2.50. The molecule has 0 radical (unpaired) electrons. The van der Waals surface area contributed by atoms with E-state index in [4.69, 9.17) is 0 Å². The van der Waals surface area contributed by atoms with E-state index in [-0.39, 0.29) is 17.7 Å². The van der Waals surface area contributed by atoms with Crippen molar-refractivity contribution in [3.8, 4) is 0 Å². The molecule has 104 valence electrons. The number of hydrogen-bond donors (Lipinski definition) is 0. The highest BCUT2D eigenvalue weighted by Gasteiger charge is 2.11. The highest BCUT2D eigenvalue weighted by atomic mass is 19.1. The Morgan fingerprint density at radius 2 is 2.05 bits per heavy atom. The molecule has 6 heteroatoms. The van der Waals surface area contributed by atoms with Crippen molar-refractivity contribution in [3.05, 3.63) is 59.7 Å². The number of benzene rings is 1. The maximum absolute atomic E-state index is 13.1. The van der Waals surface area contributed by atoms with E-state index in [1.807, 2.05) is 0 Å². The summed E-state index contributed by atoms with van der Waals surface area (Å²) in [6.45, 7) is 0.199. The van der Waals surface area contributed by atoms with Crippen LogP contribution in [0.4, 0.5) is 8.78 Å². The monoisotopic (exact) mass is 278 g/mol. The average molecular weight is 278 g/mol. The average Bonchev–Trinajstić information content (AvgIpc) is 2.88. The Kier molecular flexibility index (Phi) is 4.24. The Morgan fingerprint density at radius 3 is 2.60 bits per heavy atom. The molecule has 0 saturated carbocycles. The number of imidazole rings is 1. The van der Waals surface area contributed by atoms with E-state index in [2.05, 4.69) is 9.72 Å². The summed E-state index contributed by atoms with van der Waals surface area (Å²) in [5.74, 6) is -1.98. The molecule has 0 amide bonds. The largest absolute Gasteiger partial charge is 0.466 e. The molecule has 4 nitrogen and oxygen atoms in total. The number of methoxy groups -OCH3 is 1. The van der Waals surface area contributed by atoms with E-state index in [1.54, 1.807) is 17.0 Å². The van der Waals surface area contributed by atoms with Gasteiger partial charge in [-0.15, -0.1) is 0 Å². The third-order valence-electron chi connectivity index (χ3n) is 2.59. The van der Waals surface area contributed by atoms with Gasteiger partial charge in [0.2, 0.25) is 0 Å². The fourth-order valence-corrected chi connectivity index (χ4v) is 1.74. The van der Waals surface area contributed by atoms with E-state index in [0.717, 1.165) is 18.2 Å². The summed E-state index contributed by atoms with van der Waals surface area (Å²) < 4.78 is 32.6. The number of carbonyl (C=O) groups is 1. The third-order valence-corrected chi connectivity index (χ3v) is 2.59. The fraction of sp³-hybridized carbons (Fsp3) is 0.143. The van der Waals surface area contributed by atoms with Crippen LogP contribution in [-0.4, -0.2) is 22.6 Å². The molecule has 0 atom stereocenters. The smallest absolute Gasteiger partial charge is 0.335 e. The molecule has 0 bridgehead atoms. The van der Waals surface area contributed by atoms with Crippen molar-refractivity contribution in [2.45, 2.75) is 6.54 Å². The highest BCUT2D eigenvalue weighted by Crippen LogP contribution is 2.14. The van der Waals surface area contributed by atoms with Crippen molar-refractivity contribution < 1.29 is 18.3 Å². The van der Waals surface area contributed by atoms with Crippen LogP contribution in [0.5, 0.6) is 0 Å². The fourth-order valence-electron chi connectivity index (χ4n) is 1.74. The van der Waals surface area contributed by atoms with E-state index >= 15 is 0 Å². The first-order valence-electron chi connectivity index (χ1n) is 5.79. The molecule has 0 aliphatic heterocycles. The summed E-state index contributed by atoms with van der Waals surface area (Å²) in [6.07, 6.45) is 6.15. The molecule has 1 aromatic carbocycles. The predicted molar refractivity (Wildman–Crippen MR) is 68.6 cm³/mol. The van der Waals surface area contributed by atoms with Crippen LogP contribution in [0.1, 0.15) is 5.56 Å². The number of halogens is 2. The van der Waals surface area contributed by atoms with Crippen LogP contribution in [0.15, 0.2) is 42.5 Å². The molecule has 0 aliphatic carbocycles. The van der Waals surface area contributed by atoms with Crippen molar-refractivity contribution in [2.24, 2.45) is 0 Å². The van der Waals surface area contributed by atoms with Gasteiger partial charge in [0.05, 0.1) is 25.6 Å². The number of carbonyl (C=O) groups excluding carboxylic acids is 1. The first-order valence-corrected chi connectivity index (χ1v) is 5.79. The summed E-state index contributed by atoms with van der Waals surface area (Å²) in [5, 5.41) is 0. The minimum absolute atomic E-state index is 0.199.